The maximum absolute atomic E-state index is 12.5. The highest BCUT2D eigenvalue weighted by molar-refractivity contribution is 6.05. The molecule has 8 nitrogen and oxygen atoms in total. The summed E-state index contributed by atoms with van der Waals surface area (Å²) < 4.78 is 15.7. The molecule has 2 amide bonds. The van der Waals surface area contributed by atoms with Crippen LogP contribution in [0, 0.1) is 0 Å². The number of pyridine rings is 1. The van der Waals surface area contributed by atoms with Crippen LogP contribution in [0.1, 0.15) is 23.7 Å². The highest BCUT2D eigenvalue weighted by Gasteiger charge is 2.17. The minimum atomic E-state index is -0.364. The van der Waals surface area contributed by atoms with Crippen LogP contribution < -0.4 is 24.8 Å². The van der Waals surface area contributed by atoms with Crippen LogP contribution in [-0.2, 0) is 4.79 Å². The molecule has 0 aliphatic carbocycles. The van der Waals surface area contributed by atoms with Gasteiger partial charge in [-0.05, 0) is 24.3 Å². The lowest BCUT2D eigenvalue weighted by Crippen LogP contribution is -2.14. The fraction of sp³-hybridized carbons (Fsp3) is 0.278. The van der Waals surface area contributed by atoms with Gasteiger partial charge in [-0.15, -0.1) is 0 Å². The van der Waals surface area contributed by atoms with Gasteiger partial charge in [0.05, 0.1) is 33.2 Å². The van der Waals surface area contributed by atoms with E-state index in [1.54, 1.807) is 31.2 Å². The molecule has 8 heteroatoms. The molecule has 1 aromatic heterocycles. The zero-order valence-electron chi connectivity index (χ0n) is 15.1. The zero-order valence-corrected chi connectivity index (χ0v) is 15.1. The zero-order chi connectivity index (χ0) is 19.1. The predicted molar refractivity (Wildman–Crippen MR) is 97.2 cm³/mol. The molecule has 2 N–H and O–H groups in total. The van der Waals surface area contributed by atoms with Crippen molar-refractivity contribution >= 4 is 23.3 Å². The molecule has 2 rings (SSSR count). The van der Waals surface area contributed by atoms with Crippen LogP contribution in [-0.4, -0.2) is 38.1 Å². The molecule has 0 spiro atoms. The van der Waals surface area contributed by atoms with Crippen LogP contribution in [0.15, 0.2) is 30.5 Å². The Hall–Kier alpha value is -3.29. The summed E-state index contributed by atoms with van der Waals surface area (Å²) >= 11 is 0. The number of rotatable bonds is 7. The number of anilines is 2. The summed E-state index contributed by atoms with van der Waals surface area (Å²) in [6, 6.07) is 6.37. The van der Waals surface area contributed by atoms with Crippen molar-refractivity contribution in [1.29, 1.82) is 0 Å². The van der Waals surface area contributed by atoms with E-state index < -0.39 is 0 Å². The number of carbonyl (C=O) groups excluding carboxylic acids is 2. The molecule has 1 aromatic carbocycles. The highest BCUT2D eigenvalue weighted by Crippen LogP contribution is 2.38. The first kappa shape index (κ1) is 19.0. The average molecular weight is 359 g/mol. The normalized spacial score (nSPS) is 10.0. The number of nitrogens with zero attached hydrogens (tertiary/aromatic N) is 1. The Kier molecular flexibility index (Phi) is 6.37. The lowest BCUT2D eigenvalue weighted by molar-refractivity contribution is -0.115. The topological polar surface area (TPSA) is 98.8 Å². The largest absolute Gasteiger partial charge is 0.493 e. The fourth-order valence-electron chi connectivity index (χ4n) is 2.19. The van der Waals surface area contributed by atoms with Gasteiger partial charge in [0.15, 0.2) is 11.5 Å². The van der Waals surface area contributed by atoms with Crippen molar-refractivity contribution in [2.45, 2.75) is 13.3 Å². The molecule has 0 aliphatic rings. The minimum Gasteiger partial charge on any atom is -0.493 e. The molecule has 0 radical (unpaired) electrons. The Bertz CT molecular complexity index is 765. The quantitative estimate of drug-likeness (QED) is 0.789. The van der Waals surface area contributed by atoms with E-state index in [0.29, 0.717) is 40.7 Å². The van der Waals surface area contributed by atoms with Crippen LogP contribution in [0.2, 0.25) is 0 Å². The third-order valence-electron chi connectivity index (χ3n) is 3.54. The summed E-state index contributed by atoms with van der Waals surface area (Å²) in [5.74, 6) is 1.09. The van der Waals surface area contributed by atoms with Crippen molar-refractivity contribution in [3.63, 3.8) is 0 Å². The molecular formula is C18H21N3O5. The van der Waals surface area contributed by atoms with Crippen molar-refractivity contribution in [2.24, 2.45) is 0 Å². The van der Waals surface area contributed by atoms with Gasteiger partial charge in [0.25, 0.3) is 5.91 Å². The fourth-order valence-corrected chi connectivity index (χ4v) is 2.19. The van der Waals surface area contributed by atoms with E-state index in [1.807, 2.05) is 0 Å². The molecule has 26 heavy (non-hydrogen) atoms. The van der Waals surface area contributed by atoms with E-state index in [1.165, 1.54) is 27.5 Å². The van der Waals surface area contributed by atoms with Crippen LogP contribution in [0.3, 0.4) is 0 Å². The van der Waals surface area contributed by atoms with Gasteiger partial charge in [-0.3, -0.25) is 9.59 Å². The van der Waals surface area contributed by atoms with Gasteiger partial charge in [-0.2, -0.15) is 0 Å². The lowest BCUT2D eigenvalue weighted by Gasteiger charge is -2.14. The number of benzene rings is 1. The maximum atomic E-state index is 12.5. The Morgan fingerprint density at radius 3 is 2.12 bits per heavy atom. The molecule has 0 saturated carbocycles. The second-order valence-corrected chi connectivity index (χ2v) is 5.20. The van der Waals surface area contributed by atoms with E-state index in [-0.39, 0.29) is 11.8 Å². The van der Waals surface area contributed by atoms with Gasteiger partial charge >= 0.3 is 0 Å². The molecule has 0 atom stereocenters. The average Bonchev–Trinajstić information content (AvgIpc) is 2.67. The minimum absolute atomic E-state index is 0.133. The first-order chi connectivity index (χ1) is 12.5. The molecule has 0 saturated heterocycles. The van der Waals surface area contributed by atoms with Crippen molar-refractivity contribution in [3.05, 3.63) is 36.0 Å². The number of methoxy groups -OCH3 is 3. The highest BCUT2D eigenvalue weighted by atomic mass is 16.5. The van der Waals surface area contributed by atoms with Gasteiger partial charge in [0.1, 0.15) is 5.82 Å². The lowest BCUT2D eigenvalue weighted by atomic mass is 10.1. The van der Waals surface area contributed by atoms with Gasteiger partial charge in [-0.1, -0.05) is 6.92 Å². The van der Waals surface area contributed by atoms with Gasteiger partial charge in [-0.25, -0.2) is 4.98 Å². The predicted octanol–water partition coefficient (Wildman–Crippen LogP) is 2.71. The number of hydrogen-bond acceptors (Lipinski definition) is 6. The van der Waals surface area contributed by atoms with Crippen molar-refractivity contribution < 1.29 is 23.8 Å². The Morgan fingerprint density at radius 2 is 1.65 bits per heavy atom. The molecular weight excluding hydrogens is 338 g/mol. The van der Waals surface area contributed by atoms with Crippen molar-refractivity contribution in [1.82, 2.24) is 4.98 Å². The van der Waals surface area contributed by atoms with Crippen LogP contribution in [0.5, 0.6) is 17.2 Å². The van der Waals surface area contributed by atoms with E-state index in [4.69, 9.17) is 14.2 Å². The number of amides is 2. The summed E-state index contributed by atoms with van der Waals surface area (Å²) in [5.41, 5.74) is 0.820. The van der Waals surface area contributed by atoms with Crippen LogP contribution in [0.4, 0.5) is 11.5 Å². The van der Waals surface area contributed by atoms with E-state index in [9.17, 15) is 9.59 Å². The smallest absolute Gasteiger partial charge is 0.255 e. The number of aromatic nitrogens is 1. The molecule has 0 aliphatic heterocycles. The second kappa shape index (κ2) is 8.70. The number of ether oxygens (including phenoxy) is 3. The number of hydrogen-bond donors (Lipinski definition) is 2. The SMILES string of the molecule is CCC(=O)Nc1ccc(NC(=O)c2cc(OC)c(OC)c(OC)c2)cn1. The van der Waals surface area contributed by atoms with E-state index in [2.05, 4.69) is 15.6 Å². The van der Waals surface area contributed by atoms with Gasteiger partial charge < -0.3 is 24.8 Å². The van der Waals surface area contributed by atoms with Crippen LogP contribution >= 0.6 is 0 Å². The first-order valence-electron chi connectivity index (χ1n) is 7.89. The second-order valence-electron chi connectivity index (χ2n) is 5.20. The van der Waals surface area contributed by atoms with E-state index >= 15 is 0 Å². The summed E-state index contributed by atoms with van der Waals surface area (Å²) in [5, 5.41) is 5.36. The standard InChI is InChI=1S/C18H21N3O5/c1-5-16(22)21-15-7-6-12(10-19-15)20-18(23)11-8-13(24-2)17(26-4)14(9-11)25-3/h6-10H,5H2,1-4H3,(H,20,23)(H,19,21,22). The summed E-state index contributed by atoms with van der Waals surface area (Å²) in [7, 11) is 4.45. The first-order valence-corrected chi connectivity index (χ1v) is 7.89. The van der Waals surface area contributed by atoms with E-state index in [0.717, 1.165) is 0 Å². The number of nitrogens with one attached hydrogen (secondary N) is 2. The molecule has 0 bridgehead atoms. The van der Waals surface area contributed by atoms with Crippen molar-refractivity contribution in [2.75, 3.05) is 32.0 Å². The third-order valence-corrected chi connectivity index (χ3v) is 3.54. The summed E-state index contributed by atoms with van der Waals surface area (Å²) in [6.07, 6.45) is 1.82. The summed E-state index contributed by atoms with van der Waals surface area (Å²) in [4.78, 5) is 27.9. The Balaban J connectivity index is 2.18. The van der Waals surface area contributed by atoms with Gasteiger partial charge in [0.2, 0.25) is 11.7 Å². The van der Waals surface area contributed by atoms with Gasteiger partial charge in [0, 0.05) is 12.0 Å². The summed E-state index contributed by atoms with van der Waals surface area (Å²) in [6.45, 7) is 1.75. The number of carbonyl (C=O) groups is 2. The monoisotopic (exact) mass is 359 g/mol. The van der Waals surface area contributed by atoms with Crippen LogP contribution in [0.25, 0.3) is 0 Å². The molecule has 138 valence electrons. The molecule has 1 heterocycles. The molecule has 2 aromatic rings. The molecule has 0 unspecified atom stereocenters. The Labute approximate surface area is 151 Å². The van der Waals surface area contributed by atoms with Crippen molar-refractivity contribution in [3.8, 4) is 17.2 Å². The Morgan fingerprint density at radius 1 is 1.00 bits per heavy atom. The third kappa shape index (κ3) is 4.41. The maximum Gasteiger partial charge on any atom is 0.255 e. The molecule has 0 fully saturated rings.